The van der Waals surface area contributed by atoms with Crippen molar-refractivity contribution in [1.82, 2.24) is 10.2 Å². The van der Waals surface area contributed by atoms with Crippen molar-refractivity contribution >= 4 is 27.5 Å². The number of para-hydroxylation sites is 1. The third kappa shape index (κ3) is 7.27. The topological polar surface area (TPSA) is 86.8 Å². The van der Waals surface area contributed by atoms with Crippen LogP contribution in [-0.2, 0) is 32.6 Å². The molecular formula is C31H38FN3O4S. The molecule has 2 atom stereocenters. The van der Waals surface area contributed by atoms with Crippen molar-refractivity contribution in [2.75, 3.05) is 10.8 Å². The first-order valence-electron chi connectivity index (χ1n) is 13.5. The van der Waals surface area contributed by atoms with Gasteiger partial charge in [0.15, 0.2) is 0 Å². The largest absolute Gasteiger partial charge is 0.352 e. The summed E-state index contributed by atoms with van der Waals surface area (Å²) < 4.78 is 43.7. The molecule has 0 saturated carbocycles. The molecule has 9 heteroatoms. The van der Waals surface area contributed by atoms with Crippen molar-refractivity contribution in [3.63, 3.8) is 0 Å². The van der Waals surface area contributed by atoms with E-state index in [1.54, 1.807) is 49.4 Å². The molecule has 2 unspecified atom stereocenters. The predicted octanol–water partition coefficient (Wildman–Crippen LogP) is 5.22. The van der Waals surface area contributed by atoms with Gasteiger partial charge in [0.05, 0.1) is 10.6 Å². The third-order valence-corrected chi connectivity index (χ3v) is 8.77. The van der Waals surface area contributed by atoms with Crippen LogP contribution in [0.1, 0.15) is 50.8 Å². The minimum Gasteiger partial charge on any atom is -0.352 e. The highest BCUT2D eigenvalue weighted by molar-refractivity contribution is 7.92. The van der Waals surface area contributed by atoms with Gasteiger partial charge in [-0.05, 0) is 63.4 Å². The van der Waals surface area contributed by atoms with Gasteiger partial charge in [-0.25, -0.2) is 12.8 Å². The molecule has 40 heavy (non-hydrogen) atoms. The van der Waals surface area contributed by atoms with E-state index in [4.69, 9.17) is 0 Å². The SMILES string of the molecule is CCc1ccccc1N(CC(=O)N(Cc1ccccc1F)C(C)C(=O)NC(C)CC)S(=O)(=O)c1ccc(C)cc1. The normalized spacial score (nSPS) is 12.8. The van der Waals surface area contributed by atoms with Crippen molar-refractivity contribution in [3.05, 3.63) is 95.3 Å². The van der Waals surface area contributed by atoms with E-state index in [1.165, 1.54) is 23.1 Å². The van der Waals surface area contributed by atoms with E-state index in [-0.39, 0.29) is 23.0 Å². The summed E-state index contributed by atoms with van der Waals surface area (Å²) in [7, 11) is -4.17. The number of hydrogen-bond donors (Lipinski definition) is 1. The first-order valence-corrected chi connectivity index (χ1v) is 14.9. The van der Waals surface area contributed by atoms with Gasteiger partial charge in [-0.3, -0.25) is 13.9 Å². The van der Waals surface area contributed by atoms with Gasteiger partial charge in [-0.15, -0.1) is 0 Å². The standard InChI is InChI=1S/C31H38FN3O4S/c1-6-23(4)33-31(37)24(5)34(20-26-13-8-10-14-28(26)32)30(36)21-35(29-15-11-9-12-25(29)7-2)40(38,39)27-18-16-22(3)17-19-27/h8-19,23-24H,6-7,20-21H2,1-5H3,(H,33,37). The summed E-state index contributed by atoms with van der Waals surface area (Å²) in [5.74, 6) is -1.55. The van der Waals surface area contributed by atoms with Crippen molar-refractivity contribution in [2.24, 2.45) is 0 Å². The zero-order valence-electron chi connectivity index (χ0n) is 23.7. The Balaban J connectivity index is 2.07. The Kier molecular flexibility index (Phi) is 10.5. The number of carbonyl (C=O) groups excluding carboxylic acids is 2. The molecule has 0 aliphatic rings. The van der Waals surface area contributed by atoms with Crippen molar-refractivity contribution in [3.8, 4) is 0 Å². The number of rotatable bonds is 12. The number of nitrogens with one attached hydrogen (secondary N) is 1. The average molecular weight is 568 g/mol. The van der Waals surface area contributed by atoms with E-state index in [9.17, 15) is 22.4 Å². The molecule has 0 aliphatic carbocycles. The molecular weight excluding hydrogens is 529 g/mol. The van der Waals surface area contributed by atoms with Crippen LogP contribution in [0.15, 0.2) is 77.7 Å². The molecule has 3 aromatic rings. The number of aryl methyl sites for hydroxylation is 2. The summed E-state index contributed by atoms with van der Waals surface area (Å²) in [6.45, 7) is 8.34. The van der Waals surface area contributed by atoms with Crippen LogP contribution in [0.5, 0.6) is 0 Å². The summed E-state index contributed by atoms with van der Waals surface area (Å²) in [6.07, 6.45) is 1.23. The molecule has 2 amide bonds. The molecule has 214 valence electrons. The number of hydrogen-bond acceptors (Lipinski definition) is 4. The molecule has 7 nitrogen and oxygen atoms in total. The lowest BCUT2D eigenvalue weighted by Gasteiger charge is -2.33. The summed E-state index contributed by atoms with van der Waals surface area (Å²) in [4.78, 5) is 28.4. The quantitative estimate of drug-likeness (QED) is 0.325. The molecule has 0 radical (unpaired) electrons. The zero-order chi connectivity index (χ0) is 29.4. The monoisotopic (exact) mass is 567 g/mol. The highest BCUT2D eigenvalue weighted by Crippen LogP contribution is 2.28. The summed E-state index contributed by atoms with van der Waals surface area (Å²) in [5.41, 5.74) is 2.24. The van der Waals surface area contributed by atoms with E-state index in [2.05, 4.69) is 5.32 Å². The molecule has 1 N–H and O–H groups in total. The molecule has 0 spiro atoms. The summed E-state index contributed by atoms with van der Waals surface area (Å²) >= 11 is 0. The van der Waals surface area contributed by atoms with Crippen molar-refractivity contribution in [2.45, 2.75) is 71.0 Å². The smallest absolute Gasteiger partial charge is 0.264 e. The highest BCUT2D eigenvalue weighted by atomic mass is 32.2. The number of amides is 2. The number of nitrogens with zero attached hydrogens (tertiary/aromatic N) is 2. The van der Waals surface area contributed by atoms with Crippen LogP contribution in [0, 0.1) is 12.7 Å². The predicted molar refractivity (Wildman–Crippen MR) is 156 cm³/mol. The van der Waals surface area contributed by atoms with E-state index < -0.39 is 40.2 Å². The molecule has 3 rings (SSSR count). The van der Waals surface area contributed by atoms with Crippen LogP contribution in [0.2, 0.25) is 0 Å². The second-order valence-electron chi connectivity index (χ2n) is 9.91. The second-order valence-corrected chi connectivity index (χ2v) is 11.8. The van der Waals surface area contributed by atoms with E-state index in [0.29, 0.717) is 18.5 Å². The van der Waals surface area contributed by atoms with Gasteiger partial charge in [0.25, 0.3) is 10.0 Å². The van der Waals surface area contributed by atoms with Crippen molar-refractivity contribution in [1.29, 1.82) is 0 Å². The molecule has 0 bridgehead atoms. The molecule has 0 fully saturated rings. The summed E-state index contributed by atoms with van der Waals surface area (Å²) in [5, 5.41) is 2.87. The fraction of sp³-hybridized carbons (Fsp3) is 0.355. The maximum absolute atomic E-state index is 14.7. The molecule has 0 heterocycles. The molecule has 3 aromatic carbocycles. The van der Waals surface area contributed by atoms with Crippen molar-refractivity contribution < 1.29 is 22.4 Å². The van der Waals surface area contributed by atoms with Crippen LogP contribution in [-0.4, -0.2) is 43.8 Å². The Morgan fingerprint density at radius 1 is 0.900 bits per heavy atom. The minimum absolute atomic E-state index is 0.0417. The highest BCUT2D eigenvalue weighted by Gasteiger charge is 2.33. The fourth-order valence-corrected chi connectivity index (χ4v) is 5.71. The first-order chi connectivity index (χ1) is 19.0. The van der Waals surface area contributed by atoms with Crippen LogP contribution in [0.25, 0.3) is 0 Å². The Morgan fingerprint density at radius 2 is 1.50 bits per heavy atom. The number of sulfonamides is 1. The Labute approximate surface area is 237 Å². The Hall–Kier alpha value is -3.72. The van der Waals surface area contributed by atoms with E-state index in [1.807, 2.05) is 39.8 Å². The lowest BCUT2D eigenvalue weighted by molar-refractivity contribution is -0.139. The molecule has 0 aromatic heterocycles. The number of benzene rings is 3. The van der Waals surface area contributed by atoms with E-state index >= 15 is 0 Å². The van der Waals surface area contributed by atoms with Gasteiger partial charge in [-0.1, -0.05) is 67.9 Å². The maximum Gasteiger partial charge on any atom is 0.264 e. The summed E-state index contributed by atoms with van der Waals surface area (Å²) in [6, 6.07) is 18.3. The zero-order valence-corrected chi connectivity index (χ0v) is 24.5. The maximum atomic E-state index is 14.7. The van der Waals surface area contributed by atoms with Crippen LogP contribution in [0.4, 0.5) is 10.1 Å². The number of halogens is 1. The molecule has 0 saturated heterocycles. The van der Waals surface area contributed by atoms with Gasteiger partial charge in [0.1, 0.15) is 18.4 Å². The lowest BCUT2D eigenvalue weighted by atomic mass is 10.1. The van der Waals surface area contributed by atoms with E-state index in [0.717, 1.165) is 15.4 Å². The average Bonchev–Trinajstić information content (AvgIpc) is 2.95. The Bertz CT molecular complexity index is 1430. The van der Waals surface area contributed by atoms with Gasteiger partial charge < -0.3 is 10.2 Å². The minimum atomic E-state index is -4.17. The lowest BCUT2D eigenvalue weighted by Crippen LogP contribution is -2.52. The number of carbonyl (C=O) groups is 2. The first kappa shape index (κ1) is 30.8. The Morgan fingerprint density at radius 3 is 2.10 bits per heavy atom. The van der Waals surface area contributed by atoms with Crippen LogP contribution in [0.3, 0.4) is 0 Å². The van der Waals surface area contributed by atoms with Gasteiger partial charge in [0, 0.05) is 18.2 Å². The number of anilines is 1. The van der Waals surface area contributed by atoms with Crippen LogP contribution >= 0.6 is 0 Å². The fourth-order valence-electron chi connectivity index (χ4n) is 4.26. The van der Waals surface area contributed by atoms with Gasteiger partial charge in [0.2, 0.25) is 11.8 Å². The van der Waals surface area contributed by atoms with Gasteiger partial charge >= 0.3 is 0 Å². The van der Waals surface area contributed by atoms with Crippen LogP contribution < -0.4 is 9.62 Å². The second kappa shape index (κ2) is 13.6. The third-order valence-electron chi connectivity index (χ3n) is 7.00. The van der Waals surface area contributed by atoms with Gasteiger partial charge in [-0.2, -0.15) is 0 Å². The molecule has 0 aliphatic heterocycles.